The maximum atomic E-state index is 6.44. The molecule has 0 aliphatic rings. The first kappa shape index (κ1) is 44.9. The van der Waals surface area contributed by atoms with Gasteiger partial charge in [-0.3, -0.25) is 0 Å². The van der Waals surface area contributed by atoms with Gasteiger partial charge in [0.1, 0.15) is 0 Å². The average molecular weight is 636 g/mol. The van der Waals surface area contributed by atoms with Crippen LogP contribution in [-0.4, -0.2) is 18.1 Å². The van der Waals surface area contributed by atoms with Gasteiger partial charge in [-0.05, 0) is 25.7 Å². The quantitative estimate of drug-likeness (QED) is 0.0588. The first-order chi connectivity index (χ1) is 22.1. The smallest absolute Gasteiger partial charge is 0.0192 e. The largest absolute Gasteiger partial charge is 0.328 e. The second-order valence-electron chi connectivity index (χ2n) is 15.2. The molecule has 3 heteroatoms. The third-order valence-electron chi connectivity index (χ3n) is 10.5. The predicted octanol–water partition coefficient (Wildman–Crippen LogP) is 13.4. The number of unbranched alkanes of at least 4 members (excludes halogenated alkanes) is 30. The lowest BCUT2D eigenvalue weighted by atomic mass is 9.95. The van der Waals surface area contributed by atoms with Crippen molar-refractivity contribution in [3.63, 3.8) is 0 Å². The van der Waals surface area contributed by atoms with Crippen LogP contribution in [0.3, 0.4) is 0 Å². The first-order valence-corrected chi connectivity index (χ1v) is 21.4. The molecule has 3 atom stereocenters. The number of hydrogen-bond donors (Lipinski definition) is 3. The normalized spacial score (nSPS) is 13.8. The summed E-state index contributed by atoms with van der Waals surface area (Å²) in [5, 5.41) is 0. The lowest BCUT2D eigenvalue weighted by Crippen LogP contribution is -2.41. The van der Waals surface area contributed by atoms with Crippen molar-refractivity contribution in [3.05, 3.63) is 0 Å². The highest BCUT2D eigenvalue weighted by Gasteiger charge is 2.13. The Balaban J connectivity index is 3.36. The molecule has 272 valence electrons. The van der Waals surface area contributed by atoms with Crippen LogP contribution >= 0.6 is 0 Å². The van der Waals surface area contributed by atoms with Crippen molar-refractivity contribution in [3.8, 4) is 0 Å². The number of nitrogens with two attached hydrogens (primary N) is 3. The Labute approximate surface area is 286 Å². The summed E-state index contributed by atoms with van der Waals surface area (Å²) in [5.74, 6) is 0. The lowest BCUT2D eigenvalue weighted by molar-refractivity contribution is 0.417. The molecule has 0 fully saturated rings. The van der Waals surface area contributed by atoms with E-state index < -0.39 is 0 Å². The van der Waals surface area contributed by atoms with E-state index in [9.17, 15) is 0 Å². The second kappa shape index (κ2) is 38.3. The summed E-state index contributed by atoms with van der Waals surface area (Å²) in [7, 11) is 0. The van der Waals surface area contributed by atoms with Crippen LogP contribution in [0, 0.1) is 0 Å². The molecule has 0 bridgehead atoms. The Bertz CT molecular complexity index is 524. The molecule has 0 saturated carbocycles. The molecule has 0 spiro atoms. The molecule has 0 aromatic rings. The first-order valence-electron chi connectivity index (χ1n) is 21.4. The van der Waals surface area contributed by atoms with Crippen molar-refractivity contribution < 1.29 is 0 Å². The van der Waals surface area contributed by atoms with E-state index in [2.05, 4.69) is 13.8 Å². The predicted molar refractivity (Wildman–Crippen MR) is 206 cm³/mol. The highest BCUT2D eigenvalue weighted by Crippen LogP contribution is 2.17. The molecule has 0 saturated heterocycles. The molecule has 3 unspecified atom stereocenters. The second-order valence-corrected chi connectivity index (χ2v) is 15.2. The molecular weight excluding hydrogens is 546 g/mol. The van der Waals surface area contributed by atoms with E-state index in [4.69, 9.17) is 17.2 Å². The van der Waals surface area contributed by atoms with Crippen molar-refractivity contribution in [1.29, 1.82) is 0 Å². The van der Waals surface area contributed by atoms with Crippen molar-refractivity contribution in [2.45, 2.75) is 270 Å². The molecule has 6 N–H and O–H groups in total. The molecule has 0 aliphatic heterocycles. The SMILES string of the molecule is CCCCCCCCCCCCCCCCCCC(N)CCCC(N)C(N)CCCCCCCCCCCCCCCCCC. The van der Waals surface area contributed by atoms with E-state index in [1.165, 1.54) is 212 Å². The monoisotopic (exact) mass is 636 g/mol. The van der Waals surface area contributed by atoms with Gasteiger partial charge in [0.2, 0.25) is 0 Å². The summed E-state index contributed by atoms with van der Waals surface area (Å²) in [6.45, 7) is 4.60. The molecule has 0 aliphatic carbocycles. The molecule has 0 aromatic carbocycles. The summed E-state index contributed by atoms with van der Waals surface area (Å²) in [4.78, 5) is 0. The molecule has 0 rings (SSSR count). The van der Waals surface area contributed by atoms with Gasteiger partial charge in [-0.25, -0.2) is 0 Å². The number of hydrogen-bond acceptors (Lipinski definition) is 3. The van der Waals surface area contributed by atoms with Gasteiger partial charge in [-0.1, -0.05) is 226 Å². The third kappa shape index (κ3) is 36.6. The van der Waals surface area contributed by atoms with Crippen LogP contribution in [0.2, 0.25) is 0 Å². The Hall–Kier alpha value is -0.120. The van der Waals surface area contributed by atoms with Crippen molar-refractivity contribution in [1.82, 2.24) is 0 Å². The van der Waals surface area contributed by atoms with E-state index >= 15 is 0 Å². The van der Waals surface area contributed by atoms with Crippen molar-refractivity contribution in [2.75, 3.05) is 0 Å². The lowest BCUT2D eigenvalue weighted by Gasteiger charge is -2.20. The Morgan fingerprint density at radius 1 is 0.244 bits per heavy atom. The molecular formula is C42H89N3. The molecule has 3 nitrogen and oxygen atoms in total. The molecule has 45 heavy (non-hydrogen) atoms. The average Bonchev–Trinajstić information content (AvgIpc) is 3.04. The minimum atomic E-state index is 0.143. The van der Waals surface area contributed by atoms with Gasteiger partial charge in [0, 0.05) is 18.1 Å². The van der Waals surface area contributed by atoms with E-state index in [1.54, 1.807) is 0 Å². The zero-order chi connectivity index (χ0) is 32.9. The summed E-state index contributed by atoms with van der Waals surface area (Å²) in [6, 6.07) is 0.651. The van der Waals surface area contributed by atoms with Crippen molar-refractivity contribution in [2.24, 2.45) is 17.2 Å². The minimum Gasteiger partial charge on any atom is -0.328 e. The summed E-state index contributed by atoms with van der Waals surface area (Å²) >= 11 is 0. The fraction of sp³-hybridized carbons (Fsp3) is 1.00. The summed E-state index contributed by atoms with van der Waals surface area (Å²) in [6.07, 6.45) is 50.9. The van der Waals surface area contributed by atoms with Gasteiger partial charge in [-0.15, -0.1) is 0 Å². The molecule has 0 aromatic heterocycles. The fourth-order valence-corrected chi connectivity index (χ4v) is 7.07. The third-order valence-corrected chi connectivity index (χ3v) is 10.5. The highest BCUT2D eigenvalue weighted by molar-refractivity contribution is 4.77. The van der Waals surface area contributed by atoms with E-state index in [0.29, 0.717) is 6.04 Å². The van der Waals surface area contributed by atoms with Crippen LogP contribution in [0.5, 0.6) is 0 Å². The zero-order valence-electron chi connectivity index (χ0n) is 31.6. The summed E-state index contributed by atoms with van der Waals surface area (Å²) < 4.78 is 0. The van der Waals surface area contributed by atoms with Gasteiger partial charge in [0.15, 0.2) is 0 Å². The Morgan fingerprint density at radius 3 is 0.733 bits per heavy atom. The van der Waals surface area contributed by atoms with Crippen LogP contribution in [0.25, 0.3) is 0 Å². The Kier molecular flexibility index (Phi) is 38.2. The van der Waals surface area contributed by atoms with Gasteiger partial charge in [-0.2, -0.15) is 0 Å². The fourth-order valence-electron chi connectivity index (χ4n) is 7.07. The molecule has 0 radical (unpaired) electrons. The maximum Gasteiger partial charge on any atom is 0.0192 e. The van der Waals surface area contributed by atoms with E-state index in [-0.39, 0.29) is 12.1 Å². The molecule has 0 amide bonds. The van der Waals surface area contributed by atoms with Crippen LogP contribution in [0.15, 0.2) is 0 Å². The van der Waals surface area contributed by atoms with Crippen LogP contribution in [0.4, 0.5) is 0 Å². The van der Waals surface area contributed by atoms with Crippen LogP contribution in [0.1, 0.15) is 251 Å². The summed E-state index contributed by atoms with van der Waals surface area (Å²) in [5.41, 5.74) is 19.3. The topological polar surface area (TPSA) is 78.1 Å². The van der Waals surface area contributed by atoms with Gasteiger partial charge >= 0.3 is 0 Å². The highest BCUT2D eigenvalue weighted by atomic mass is 14.8. The van der Waals surface area contributed by atoms with E-state index in [1.807, 2.05) is 0 Å². The van der Waals surface area contributed by atoms with Gasteiger partial charge in [0.25, 0.3) is 0 Å². The maximum absolute atomic E-state index is 6.44. The minimum absolute atomic E-state index is 0.143. The van der Waals surface area contributed by atoms with Crippen LogP contribution < -0.4 is 17.2 Å². The zero-order valence-corrected chi connectivity index (χ0v) is 31.6. The van der Waals surface area contributed by atoms with Crippen LogP contribution in [-0.2, 0) is 0 Å². The van der Waals surface area contributed by atoms with Crippen molar-refractivity contribution >= 4 is 0 Å². The van der Waals surface area contributed by atoms with E-state index in [0.717, 1.165) is 25.7 Å². The molecule has 0 heterocycles. The van der Waals surface area contributed by atoms with Gasteiger partial charge in [0.05, 0.1) is 0 Å². The number of rotatable bonds is 39. The Morgan fingerprint density at radius 2 is 0.444 bits per heavy atom. The standard InChI is InChI=1S/C42H89N3/c1-3-5-7-9-11-13-15-17-19-21-23-25-27-29-31-33-36-40(43)37-35-39-42(45)41(44)38-34-32-30-28-26-24-22-20-18-16-14-12-10-8-6-4-2/h40-42H,3-39,43-45H2,1-2H3. The van der Waals surface area contributed by atoms with Gasteiger partial charge < -0.3 is 17.2 Å².